The number of H-pyrrole nitrogens is 1. The van der Waals surface area contributed by atoms with Crippen LogP contribution in [0.1, 0.15) is 5.56 Å². The van der Waals surface area contributed by atoms with Crippen molar-refractivity contribution in [2.24, 2.45) is 0 Å². The maximum absolute atomic E-state index is 4.30. The normalized spacial score (nSPS) is 10.6. The van der Waals surface area contributed by atoms with Crippen molar-refractivity contribution < 1.29 is 0 Å². The van der Waals surface area contributed by atoms with Gasteiger partial charge in [0.2, 0.25) is 0 Å². The summed E-state index contributed by atoms with van der Waals surface area (Å²) in [6.07, 6.45) is 0. The molecule has 0 unspecified atom stereocenters. The molecule has 0 aliphatic heterocycles. The van der Waals surface area contributed by atoms with Crippen LogP contribution in [-0.4, -0.2) is 10.2 Å². The first kappa shape index (κ1) is 9.90. The van der Waals surface area contributed by atoms with E-state index in [1.54, 1.807) is 0 Å². The predicted octanol–water partition coefficient (Wildman–Crippen LogP) is 3.61. The molecular formula is C14H13N3. The number of hydrogen-bond acceptors (Lipinski definition) is 2. The smallest absolute Gasteiger partial charge is 0.160 e. The van der Waals surface area contributed by atoms with Crippen molar-refractivity contribution in [1.82, 2.24) is 10.2 Å². The van der Waals surface area contributed by atoms with Crippen molar-refractivity contribution >= 4 is 22.4 Å². The summed E-state index contributed by atoms with van der Waals surface area (Å²) in [4.78, 5) is 0. The number of aromatic nitrogens is 2. The Hall–Kier alpha value is -2.29. The average Bonchev–Trinajstić information content (AvgIpc) is 2.76. The number of benzene rings is 2. The topological polar surface area (TPSA) is 40.7 Å². The zero-order valence-electron chi connectivity index (χ0n) is 9.57. The lowest BCUT2D eigenvalue weighted by Gasteiger charge is -2.06. The van der Waals surface area contributed by atoms with E-state index in [0.717, 1.165) is 22.4 Å². The van der Waals surface area contributed by atoms with Crippen molar-refractivity contribution in [2.45, 2.75) is 6.92 Å². The lowest BCUT2D eigenvalue weighted by molar-refractivity contribution is 1.12. The Morgan fingerprint density at radius 2 is 1.76 bits per heavy atom. The minimum absolute atomic E-state index is 0.870. The standard InChI is InChI=1S/C14H13N3/c1-10-6-2-4-8-12(10)15-14-11-7-3-5-9-13(11)16-17-14/h2-9H,1H3,(H2,15,16,17). The summed E-state index contributed by atoms with van der Waals surface area (Å²) in [5, 5.41) is 11.8. The van der Waals surface area contributed by atoms with E-state index in [1.807, 2.05) is 30.3 Å². The van der Waals surface area contributed by atoms with Crippen molar-refractivity contribution in [3.8, 4) is 0 Å². The zero-order valence-corrected chi connectivity index (χ0v) is 9.57. The SMILES string of the molecule is Cc1ccccc1Nc1n[nH]c2ccccc12. The van der Waals surface area contributed by atoms with E-state index < -0.39 is 0 Å². The summed E-state index contributed by atoms with van der Waals surface area (Å²) in [6.45, 7) is 2.08. The van der Waals surface area contributed by atoms with Gasteiger partial charge in [-0.15, -0.1) is 0 Å². The van der Waals surface area contributed by atoms with E-state index in [2.05, 4.69) is 40.6 Å². The highest BCUT2D eigenvalue weighted by Crippen LogP contribution is 2.24. The van der Waals surface area contributed by atoms with Crippen molar-refractivity contribution in [3.05, 3.63) is 54.1 Å². The maximum Gasteiger partial charge on any atom is 0.160 e. The van der Waals surface area contributed by atoms with Gasteiger partial charge in [0.1, 0.15) is 0 Å². The van der Waals surface area contributed by atoms with Gasteiger partial charge in [0.15, 0.2) is 5.82 Å². The molecule has 3 aromatic rings. The van der Waals surface area contributed by atoms with Crippen LogP contribution in [0.15, 0.2) is 48.5 Å². The first-order valence-electron chi connectivity index (χ1n) is 5.60. The number of fused-ring (bicyclic) bond motifs is 1. The lowest BCUT2D eigenvalue weighted by Crippen LogP contribution is -1.93. The lowest BCUT2D eigenvalue weighted by atomic mass is 10.2. The van der Waals surface area contributed by atoms with Crippen LogP contribution in [-0.2, 0) is 0 Å². The highest BCUT2D eigenvalue weighted by atomic mass is 15.2. The number of anilines is 2. The second-order valence-corrected chi connectivity index (χ2v) is 4.06. The van der Waals surface area contributed by atoms with Gasteiger partial charge >= 0.3 is 0 Å². The zero-order chi connectivity index (χ0) is 11.7. The molecule has 0 amide bonds. The first-order chi connectivity index (χ1) is 8.34. The van der Waals surface area contributed by atoms with Gasteiger partial charge < -0.3 is 5.32 Å². The summed E-state index contributed by atoms with van der Waals surface area (Å²) in [6, 6.07) is 16.3. The van der Waals surface area contributed by atoms with Gasteiger partial charge in [-0.1, -0.05) is 30.3 Å². The summed E-state index contributed by atoms with van der Waals surface area (Å²) >= 11 is 0. The van der Waals surface area contributed by atoms with Gasteiger partial charge in [-0.2, -0.15) is 5.10 Å². The minimum Gasteiger partial charge on any atom is -0.338 e. The van der Waals surface area contributed by atoms with Crippen LogP contribution in [0.5, 0.6) is 0 Å². The second-order valence-electron chi connectivity index (χ2n) is 4.06. The first-order valence-corrected chi connectivity index (χ1v) is 5.60. The third-order valence-corrected chi connectivity index (χ3v) is 2.87. The molecule has 84 valence electrons. The Bertz CT molecular complexity index is 655. The quantitative estimate of drug-likeness (QED) is 0.696. The van der Waals surface area contributed by atoms with Crippen LogP contribution >= 0.6 is 0 Å². The van der Waals surface area contributed by atoms with Gasteiger partial charge in [-0.3, -0.25) is 5.10 Å². The Balaban J connectivity index is 2.03. The molecule has 0 spiro atoms. The number of nitrogens with one attached hydrogen (secondary N) is 2. The average molecular weight is 223 g/mol. The molecule has 0 fully saturated rings. The predicted molar refractivity (Wildman–Crippen MR) is 70.6 cm³/mol. The Morgan fingerprint density at radius 3 is 2.65 bits per heavy atom. The fourth-order valence-electron chi connectivity index (χ4n) is 1.90. The molecule has 3 rings (SSSR count). The third kappa shape index (κ3) is 1.76. The van der Waals surface area contributed by atoms with E-state index in [-0.39, 0.29) is 0 Å². The van der Waals surface area contributed by atoms with Crippen LogP contribution in [0.4, 0.5) is 11.5 Å². The molecule has 0 aliphatic carbocycles. The van der Waals surface area contributed by atoms with Gasteiger partial charge in [-0.05, 0) is 30.7 Å². The molecule has 0 saturated carbocycles. The van der Waals surface area contributed by atoms with Crippen LogP contribution < -0.4 is 5.32 Å². The molecule has 2 aromatic carbocycles. The molecule has 0 atom stereocenters. The van der Waals surface area contributed by atoms with Gasteiger partial charge in [0, 0.05) is 11.1 Å². The molecule has 0 radical (unpaired) electrons. The minimum atomic E-state index is 0.870. The molecule has 3 heteroatoms. The summed E-state index contributed by atoms with van der Waals surface area (Å²) in [5.74, 6) is 0.870. The molecular weight excluding hydrogens is 210 g/mol. The third-order valence-electron chi connectivity index (χ3n) is 2.87. The van der Waals surface area contributed by atoms with Crippen LogP contribution in [0.3, 0.4) is 0 Å². The molecule has 17 heavy (non-hydrogen) atoms. The van der Waals surface area contributed by atoms with E-state index in [4.69, 9.17) is 0 Å². The fraction of sp³-hybridized carbons (Fsp3) is 0.0714. The monoisotopic (exact) mass is 223 g/mol. The van der Waals surface area contributed by atoms with Gasteiger partial charge in [-0.25, -0.2) is 0 Å². The number of hydrogen-bond donors (Lipinski definition) is 2. The Morgan fingerprint density at radius 1 is 1.00 bits per heavy atom. The Kier molecular flexibility index (Phi) is 2.29. The molecule has 0 bridgehead atoms. The molecule has 3 nitrogen and oxygen atoms in total. The number of nitrogens with zero attached hydrogens (tertiary/aromatic N) is 1. The number of aryl methyl sites for hydroxylation is 1. The van der Waals surface area contributed by atoms with Crippen LogP contribution in [0, 0.1) is 6.92 Å². The second kappa shape index (κ2) is 3.94. The molecule has 1 aromatic heterocycles. The van der Waals surface area contributed by atoms with Crippen molar-refractivity contribution in [1.29, 1.82) is 0 Å². The summed E-state index contributed by atoms with van der Waals surface area (Å²) < 4.78 is 0. The van der Waals surface area contributed by atoms with Crippen LogP contribution in [0.2, 0.25) is 0 Å². The molecule has 0 saturated heterocycles. The fourth-order valence-corrected chi connectivity index (χ4v) is 1.90. The number of para-hydroxylation sites is 2. The highest BCUT2D eigenvalue weighted by Gasteiger charge is 2.05. The molecule has 1 heterocycles. The molecule has 2 N–H and O–H groups in total. The largest absolute Gasteiger partial charge is 0.338 e. The number of rotatable bonds is 2. The van der Waals surface area contributed by atoms with Gasteiger partial charge in [0.05, 0.1) is 5.52 Å². The summed E-state index contributed by atoms with van der Waals surface area (Å²) in [7, 11) is 0. The Labute approximate surface area is 99.5 Å². The van der Waals surface area contributed by atoms with Crippen LogP contribution in [0.25, 0.3) is 10.9 Å². The molecule has 0 aliphatic rings. The summed E-state index contributed by atoms with van der Waals surface area (Å²) in [5.41, 5.74) is 3.34. The van der Waals surface area contributed by atoms with E-state index in [9.17, 15) is 0 Å². The van der Waals surface area contributed by atoms with E-state index >= 15 is 0 Å². The van der Waals surface area contributed by atoms with Crippen molar-refractivity contribution in [3.63, 3.8) is 0 Å². The number of aromatic amines is 1. The maximum atomic E-state index is 4.30. The van der Waals surface area contributed by atoms with E-state index in [0.29, 0.717) is 0 Å². The highest BCUT2D eigenvalue weighted by molar-refractivity contribution is 5.91. The van der Waals surface area contributed by atoms with Gasteiger partial charge in [0.25, 0.3) is 0 Å². The van der Waals surface area contributed by atoms with E-state index in [1.165, 1.54) is 5.56 Å². The van der Waals surface area contributed by atoms with Crippen molar-refractivity contribution in [2.75, 3.05) is 5.32 Å².